The van der Waals surface area contributed by atoms with E-state index in [2.05, 4.69) is 34.5 Å². The summed E-state index contributed by atoms with van der Waals surface area (Å²) >= 11 is 0. The number of aliphatic imine (C=N–C) groups is 1. The van der Waals surface area contributed by atoms with Gasteiger partial charge < -0.3 is 30.9 Å². The predicted molar refractivity (Wildman–Crippen MR) is 141 cm³/mol. The second-order valence-electron chi connectivity index (χ2n) is 9.71. The van der Waals surface area contributed by atoms with E-state index >= 15 is 0 Å². The Morgan fingerprint density at radius 3 is 2.61 bits per heavy atom. The molecule has 3 aliphatic heterocycles. The second-order valence-corrected chi connectivity index (χ2v) is 9.71. The molecule has 9 heteroatoms. The van der Waals surface area contributed by atoms with E-state index in [9.17, 15) is 9.59 Å². The molecule has 0 spiro atoms. The molecule has 1 aromatic carbocycles. The summed E-state index contributed by atoms with van der Waals surface area (Å²) in [6.07, 6.45) is 6.55. The zero-order valence-corrected chi connectivity index (χ0v) is 21.4. The van der Waals surface area contributed by atoms with Crippen LogP contribution in [0.4, 0.5) is 5.69 Å². The van der Waals surface area contributed by atoms with Crippen molar-refractivity contribution in [2.75, 3.05) is 46.4 Å². The molecular weight excluding hydrogens is 456 g/mol. The number of ether oxygens (including phenoxy) is 1. The zero-order chi connectivity index (χ0) is 25.7. The summed E-state index contributed by atoms with van der Waals surface area (Å²) in [4.78, 5) is 33.5. The number of amides is 1. The fourth-order valence-electron chi connectivity index (χ4n) is 4.94. The molecule has 2 saturated heterocycles. The molecule has 0 unspecified atom stereocenters. The third-order valence-electron chi connectivity index (χ3n) is 7.36. The van der Waals surface area contributed by atoms with E-state index in [4.69, 9.17) is 10.5 Å². The summed E-state index contributed by atoms with van der Waals surface area (Å²) in [5, 5.41) is 6.65. The monoisotopic (exact) mass is 492 g/mol. The normalized spacial score (nSPS) is 20.7. The van der Waals surface area contributed by atoms with Crippen LogP contribution in [0, 0.1) is 6.92 Å². The molecule has 0 bridgehead atoms. The van der Waals surface area contributed by atoms with Crippen molar-refractivity contribution in [1.82, 2.24) is 20.4 Å². The quantitative estimate of drug-likeness (QED) is 0.316. The number of aryl methyl sites for hydroxylation is 1. The lowest BCUT2D eigenvalue weighted by atomic mass is 9.84. The number of carbonyl (C=O) groups is 1. The summed E-state index contributed by atoms with van der Waals surface area (Å²) < 4.78 is 5.35. The summed E-state index contributed by atoms with van der Waals surface area (Å²) in [5.74, 6) is 2.17. The van der Waals surface area contributed by atoms with E-state index in [1.54, 1.807) is 23.2 Å². The predicted octanol–water partition coefficient (Wildman–Crippen LogP) is 2.01. The molecule has 192 valence electrons. The van der Waals surface area contributed by atoms with Crippen molar-refractivity contribution < 1.29 is 14.3 Å². The number of piperidine rings is 1. The van der Waals surface area contributed by atoms with Gasteiger partial charge in [-0.1, -0.05) is 6.92 Å². The summed E-state index contributed by atoms with van der Waals surface area (Å²) in [6, 6.07) is 5.41. The molecule has 0 radical (unpaired) electrons. The molecule has 1 amide bonds. The average Bonchev–Trinajstić information content (AvgIpc) is 2.90. The van der Waals surface area contributed by atoms with Gasteiger partial charge in [-0.25, -0.2) is 9.79 Å². The Morgan fingerprint density at radius 1 is 1.25 bits per heavy atom. The highest BCUT2D eigenvalue weighted by Gasteiger charge is 2.34. The van der Waals surface area contributed by atoms with E-state index in [1.807, 2.05) is 25.0 Å². The first-order valence-corrected chi connectivity index (χ1v) is 12.6. The standard InChI is InChI=1S/C27H36N6O3/c1-4-27(8-11-32(3)12-9-27)31-22-7-10-29-23(18-34)24(22)25(28)30-20-5-6-21(19(2)17-20)26(35)33-13-15-36-16-14-33/h5-7,10,17,29,31H,4,8-9,11-16H2,1-3H3,(H2,28,30). The zero-order valence-electron chi connectivity index (χ0n) is 21.4. The van der Waals surface area contributed by atoms with Crippen molar-refractivity contribution in [3.05, 3.63) is 58.6 Å². The lowest BCUT2D eigenvalue weighted by Crippen LogP contribution is -2.52. The number of benzene rings is 1. The fourth-order valence-corrected chi connectivity index (χ4v) is 4.94. The van der Waals surface area contributed by atoms with Gasteiger partial charge in [0.2, 0.25) is 0 Å². The Morgan fingerprint density at radius 2 is 1.97 bits per heavy atom. The molecule has 4 N–H and O–H groups in total. The van der Waals surface area contributed by atoms with E-state index in [-0.39, 0.29) is 23.0 Å². The van der Waals surface area contributed by atoms with E-state index in [0.717, 1.165) is 43.6 Å². The van der Waals surface area contributed by atoms with Crippen LogP contribution in [0.1, 0.15) is 42.1 Å². The lowest BCUT2D eigenvalue weighted by molar-refractivity contribution is 0.0302. The molecular formula is C27H36N6O3. The smallest absolute Gasteiger partial charge is 0.254 e. The first kappa shape index (κ1) is 25.7. The third kappa shape index (κ3) is 5.54. The number of carbonyl (C=O) groups excluding carboxylic acids is 2. The van der Waals surface area contributed by atoms with Crippen LogP contribution < -0.4 is 16.4 Å². The van der Waals surface area contributed by atoms with Crippen molar-refractivity contribution in [1.29, 1.82) is 0 Å². The first-order chi connectivity index (χ1) is 17.4. The van der Waals surface area contributed by atoms with Crippen molar-refractivity contribution >= 4 is 23.4 Å². The largest absolute Gasteiger partial charge is 0.383 e. The summed E-state index contributed by atoms with van der Waals surface area (Å²) in [6.45, 7) is 8.36. The van der Waals surface area contributed by atoms with Crippen molar-refractivity contribution in [3.8, 4) is 0 Å². The number of hydrogen-bond acceptors (Lipinski definition) is 7. The maximum absolute atomic E-state index is 12.9. The van der Waals surface area contributed by atoms with Gasteiger partial charge >= 0.3 is 0 Å². The van der Waals surface area contributed by atoms with Gasteiger partial charge in [0.25, 0.3) is 5.91 Å². The SMILES string of the molecule is CCC1(NC2=C(C(N)=Nc3ccc(C(=O)N4CCOCC4)c(C)c3)C(=C=O)NC=C2)CCN(C)CC1. The van der Waals surface area contributed by atoms with Crippen LogP contribution in [0.25, 0.3) is 0 Å². The van der Waals surface area contributed by atoms with E-state index in [1.165, 1.54) is 0 Å². The van der Waals surface area contributed by atoms with Crippen molar-refractivity contribution in [2.45, 2.75) is 38.6 Å². The molecule has 0 aliphatic carbocycles. The Hall–Kier alpha value is -3.39. The van der Waals surface area contributed by atoms with Crippen LogP contribution in [0.2, 0.25) is 0 Å². The Balaban J connectivity index is 1.63. The van der Waals surface area contributed by atoms with Crippen LogP contribution in [0.15, 0.2) is 52.4 Å². The van der Waals surface area contributed by atoms with Crippen LogP contribution in [0.3, 0.4) is 0 Å². The molecule has 0 saturated carbocycles. The fraction of sp³-hybridized carbons (Fsp3) is 0.481. The van der Waals surface area contributed by atoms with Gasteiger partial charge in [0.05, 0.1) is 24.5 Å². The number of hydrogen-bond donors (Lipinski definition) is 3. The Labute approximate surface area is 212 Å². The number of nitrogens with one attached hydrogen (secondary N) is 2. The highest BCUT2D eigenvalue weighted by molar-refractivity contribution is 6.05. The van der Waals surface area contributed by atoms with Gasteiger partial charge in [-0.2, -0.15) is 0 Å². The Kier molecular flexibility index (Phi) is 7.94. The van der Waals surface area contributed by atoms with Gasteiger partial charge in [0, 0.05) is 49.2 Å². The number of morpholine rings is 1. The summed E-state index contributed by atoms with van der Waals surface area (Å²) in [5.41, 5.74) is 9.99. The minimum absolute atomic E-state index is 0.00993. The van der Waals surface area contributed by atoms with Crippen LogP contribution >= 0.6 is 0 Å². The average molecular weight is 493 g/mol. The molecule has 4 rings (SSSR count). The number of nitrogens with two attached hydrogens (primary N) is 1. The highest BCUT2D eigenvalue weighted by Crippen LogP contribution is 2.29. The van der Waals surface area contributed by atoms with E-state index < -0.39 is 0 Å². The van der Waals surface area contributed by atoms with Crippen molar-refractivity contribution in [3.63, 3.8) is 0 Å². The third-order valence-corrected chi connectivity index (χ3v) is 7.36. The van der Waals surface area contributed by atoms with Gasteiger partial charge in [-0.3, -0.25) is 4.79 Å². The molecule has 36 heavy (non-hydrogen) atoms. The number of allylic oxidation sites excluding steroid dienone is 1. The molecule has 0 atom stereocenters. The number of likely N-dealkylation sites (tertiary alicyclic amines) is 1. The molecule has 3 aliphatic rings. The maximum atomic E-state index is 12.9. The van der Waals surface area contributed by atoms with Crippen LogP contribution in [-0.4, -0.2) is 79.5 Å². The number of dihydropyridines is 1. The summed E-state index contributed by atoms with van der Waals surface area (Å²) in [7, 11) is 2.13. The number of amidine groups is 1. The molecule has 9 nitrogen and oxygen atoms in total. The van der Waals surface area contributed by atoms with Gasteiger partial charge in [0.15, 0.2) is 5.94 Å². The second kappa shape index (κ2) is 11.1. The minimum Gasteiger partial charge on any atom is -0.383 e. The molecule has 3 heterocycles. The number of rotatable bonds is 6. The lowest BCUT2D eigenvalue weighted by Gasteiger charge is -2.42. The van der Waals surface area contributed by atoms with E-state index in [0.29, 0.717) is 43.1 Å². The molecule has 2 fully saturated rings. The maximum Gasteiger partial charge on any atom is 0.254 e. The van der Waals surface area contributed by atoms with Crippen LogP contribution in [0.5, 0.6) is 0 Å². The number of nitrogens with zero attached hydrogens (tertiary/aromatic N) is 3. The minimum atomic E-state index is -0.0822. The first-order valence-electron chi connectivity index (χ1n) is 12.6. The highest BCUT2D eigenvalue weighted by atomic mass is 16.5. The van der Waals surface area contributed by atoms with Gasteiger partial charge in [0.1, 0.15) is 11.5 Å². The Bertz CT molecular complexity index is 1130. The van der Waals surface area contributed by atoms with Crippen molar-refractivity contribution in [2.24, 2.45) is 10.7 Å². The molecule has 1 aromatic rings. The van der Waals surface area contributed by atoms with Crippen LogP contribution in [-0.2, 0) is 9.53 Å². The van der Waals surface area contributed by atoms with Gasteiger partial charge in [-0.05, 0) is 63.1 Å². The molecule has 0 aromatic heterocycles. The van der Waals surface area contributed by atoms with Gasteiger partial charge in [-0.15, -0.1) is 0 Å². The topological polar surface area (TPSA) is 112 Å².